The topological polar surface area (TPSA) is 77.8 Å². The average Bonchev–Trinajstić information content (AvgIpc) is 1.87. The van der Waals surface area contributed by atoms with Crippen LogP contribution < -0.4 is 0 Å². The fraction of sp³-hybridized carbons (Fsp3) is 0.600. The van der Waals surface area contributed by atoms with E-state index in [9.17, 15) is 9.59 Å². The van der Waals surface area contributed by atoms with Gasteiger partial charge < -0.3 is 5.11 Å². The van der Waals surface area contributed by atoms with Crippen molar-refractivity contribution >= 4 is 11.7 Å². The summed E-state index contributed by atoms with van der Waals surface area (Å²) in [4.78, 5) is 20.9. The predicted octanol–water partition coefficient (Wildman–Crippen LogP) is -1.21. The lowest BCUT2D eigenvalue weighted by molar-refractivity contribution is -0.165. The van der Waals surface area contributed by atoms with Gasteiger partial charge in [-0.3, -0.25) is 14.8 Å². The highest BCUT2D eigenvalue weighted by molar-refractivity contribution is 6.35. The Morgan fingerprint density at radius 2 is 2.00 bits per heavy atom. The van der Waals surface area contributed by atoms with Gasteiger partial charge in [0, 0.05) is 13.5 Å². The van der Waals surface area contributed by atoms with E-state index in [-0.39, 0.29) is 18.1 Å². The van der Waals surface area contributed by atoms with Gasteiger partial charge in [-0.15, -0.1) is 0 Å². The number of hydrogen-bond acceptors (Lipinski definition) is 4. The summed E-state index contributed by atoms with van der Waals surface area (Å²) in [6, 6.07) is 0. The molecule has 0 fully saturated rings. The Balaban J connectivity index is 3.83. The molecule has 0 saturated carbocycles. The summed E-state index contributed by atoms with van der Waals surface area (Å²) < 4.78 is 0. The summed E-state index contributed by atoms with van der Waals surface area (Å²) >= 11 is 0. The van der Waals surface area contributed by atoms with E-state index in [1.807, 2.05) is 0 Å². The number of aliphatic hydroxyl groups excluding tert-OH is 1. The molecule has 0 radical (unpaired) electrons. The van der Waals surface area contributed by atoms with Gasteiger partial charge in [0.2, 0.25) is 5.78 Å². The van der Waals surface area contributed by atoms with E-state index < -0.39 is 11.7 Å². The summed E-state index contributed by atoms with van der Waals surface area (Å²) in [5.41, 5.74) is 0. The fourth-order valence-corrected chi connectivity index (χ4v) is 0.389. The molecule has 5 heteroatoms. The predicted molar refractivity (Wildman–Crippen MR) is 31.3 cm³/mol. The van der Waals surface area contributed by atoms with Crippen molar-refractivity contribution in [3.63, 3.8) is 0 Å². The van der Waals surface area contributed by atoms with Crippen LogP contribution >= 0.6 is 0 Å². The van der Waals surface area contributed by atoms with Crippen LogP contribution in [0.4, 0.5) is 0 Å². The first-order chi connectivity index (χ1) is 4.59. The lowest BCUT2D eigenvalue weighted by Gasteiger charge is -2.04. The van der Waals surface area contributed by atoms with Crippen molar-refractivity contribution in [1.29, 1.82) is 0 Å². The SMILES string of the molecule is CN(O)C(=O)C(=O)CCO. The zero-order chi connectivity index (χ0) is 8.15. The van der Waals surface area contributed by atoms with Crippen LogP contribution in [0.3, 0.4) is 0 Å². The maximum absolute atomic E-state index is 10.5. The largest absolute Gasteiger partial charge is 0.396 e. The van der Waals surface area contributed by atoms with Gasteiger partial charge in [-0.05, 0) is 0 Å². The number of likely N-dealkylation sites (N-methyl/N-ethyl adjacent to an activating group) is 1. The second kappa shape index (κ2) is 3.97. The van der Waals surface area contributed by atoms with Crippen LogP contribution in [0.5, 0.6) is 0 Å². The summed E-state index contributed by atoms with van der Waals surface area (Å²) in [7, 11) is 1.05. The summed E-state index contributed by atoms with van der Waals surface area (Å²) in [5, 5.41) is 16.8. The number of hydroxylamine groups is 2. The summed E-state index contributed by atoms with van der Waals surface area (Å²) in [6.07, 6.45) is -0.246. The van der Waals surface area contributed by atoms with Crippen molar-refractivity contribution in [2.75, 3.05) is 13.7 Å². The molecule has 0 heterocycles. The van der Waals surface area contributed by atoms with E-state index in [0.29, 0.717) is 0 Å². The minimum absolute atomic E-state index is 0.192. The molecule has 2 N–H and O–H groups in total. The number of ketones is 1. The third-order valence-corrected chi connectivity index (χ3v) is 0.871. The van der Waals surface area contributed by atoms with Crippen LogP contribution in [0.15, 0.2) is 0 Å². The number of carbonyl (C=O) groups is 2. The number of Topliss-reactive ketones (excluding diaryl/α,β-unsaturated/α-hetero) is 1. The minimum atomic E-state index is -1.01. The second-order valence-corrected chi connectivity index (χ2v) is 1.73. The molecule has 10 heavy (non-hydrogen) atoms. The van der Waals surface area contributed by atoms with Gasteiger partial charge in [-0.2, -0.15) is 0 Å². The van der Waals surface area contributed by atoms with Crippen molar-refractivity contribution in [2.45, 2.75) is 6.42 Å². The van der Waals surface area contributed by atoms with E-state index in [1.165, 1.54) is 0 Å². The van der Waals surface area contributed by atoms with E-state index in [1.54, 1.807) is 0 Å². The molecular formula is C5H9NO4. The van der Waals surface area contributed by atoms with Crippen molar-refractivity contribution in [3.8, 4) is 0 Å². The number of aliphatic hydroxyl groups is 1. The molecule has 0 aliphatic carbocycles. The third-order valence-electron chi connectivity index (χ3n) is 0.871. The van der Waals surface area contributed by atoms with Gasteiger partial charge in [0.15, 0.2) is 0 Å². The molecule has 0 aromatic heterocycles. The van der Waals surface area contributed by atoms with E-state index in [0.717, 1.165) is 7.05 Å². The summed E-state index contributed by atoms with van der Waals surface area (Å²) in [5.74, 6) is -1.80. The third kappa shape index (κ3) is 2.56. The lowest BCUT2D eigenvalue weighted by atomic mass is 10.3. The highest BCUT2D eigenvalue weighted by Gasteiger charge is 2.15. The van der Waals surface area contributed by atoms with E-state index >= 15 is 0 Å². The fourth-order valence-electron chi connectivity index (χ4n) is 0.389. The quantitative estimate of drug-likeness (QED) is 0.298. The van der Waals surface area contributed by atoms with Gasteiger partial charge in [0.25, 0.3) is 0 Å². The second-order valence-electron chi connectivity index (χ2n) is 1.73. The molecule has 0 unspecified atom stereocenters. The molecule has 58 valence electrons. The lowest BCUT2D eigenvalue weighted by Crippen LogP contribution is -2.30. The maximum Gasteiger partial charge on any atom is 0.313 e. The first-order valence-electron chi connectivity index (χ1n) is 2.70. The van der Waals surface area contributed by atoms with Crippen molar-refractivity contribution in [3.05, 3.63) is 0 Å². The normalized spacial score (nSPS) is 9.10. The van der Waals surface area contributed by atoms with Gasteiger partial charge >= 0.3 is 5.91 Å². The van der Waals surface area contributed by atoms with Crippen LogP contribution in [-0.2, 0) is 9.59 Å². The molecule has 1 amide bonds. The molecule has 0 saturated heterocycles. The highest BCUT2D eigenvalue weighted by Crippen LogP contribution is 1.85. The highest BCUT2D eigenvalue weighted by atomic mass is 16.5. The number of amides is 1. The molecule has 0 rings (SSSR count). The maximum atomic E-state index is 10.5. The van der Waals surface area contributed by atoms with Crippen LogP contribution in [0.2, 0.25) is 0 Å². The van der Waals surface area contributed by atoms with Gasteiger partial charge in [-0.1, -0.05) is 0 Å². The monoisotopic (exact) mass is 147 g/mol. The molecule has 0 aromatic carbocycles. The Bertz CT molecular complexity index is 143. The van der Waals surface area contributed by atoms with Gasteiger partial charge in [0.1, 0.15) is 0 Å². The Morgan fingerprint density at radius 3 is 2.30 bits per heavy atom. The van der Waals surface area contributed by atoms with Crippen molar-refractivity contribution in [1.82, 2.24) is 5.06 Å². The van der Waals surface area contributed by atoms with Crippen LogP contribution in [-0.4, -0.2) is 40.7 Å². The number of rotatable bonds is 3. The number of carbonyl (C=O) groups excluding carboxylic acids is 2. The zero-order valence-electron chi connectivity index (χ0n) is 5.57. The van der Waals surface area contributed by atoms with E-state index in [2.05, 4.69) is 0 Å². The number of hydrogen-bond donors (Lipinski definition) is 2. The smallest absolute Gasteiger partial charge is 0.313 e. The molecule has 0 bridgehead atoms. The average molecular weight is 147 g/mol. The zero-order valence-corrected chi connectivity index (χ0v) is 5.57. The van der Waals surface area contributed by atoms with Crippen molar-refractivity contribution in [2.24, 2.45) is 0 Å². The van der Waals surface area contributed by atoms with Gasteiger partial charge in [0.05, 0.1) is 6.61 Å². The first kappa shape index (κ1) is 9.06. The van der Waals surface area contributed by atoms with Gasteiger partial charge in [-0.25, -0.2) is 5.06 Å². The molecule has 5 nitrogen and oxygen atoms in total. The molecule has 0 aromatic rings. The summed E-state index contributed by atoms with van der Waals surface area (Å²) in [6.45, 7) is -0.377. The Labute approximate surface area is 57.8 Å². The van der Waals surface area contributed by atoms with Crippen molar-refractivity contribution < 1.29 is 19.9 Å². The van der Waals surface area contributed by atoms with Crippen LogP contribution in [0.25, 0.3) is 0 Å². The van der Waals surface area contributed by atoms with Crippen LogP contribution in [0, 0.1) is 0 Å². The Hall–Kier alpha value is -0.940. The van der Waals surface area contributed by atoms with Crippen LogP contribution in [0.1, 0.15) is 6.42 Å². The molecule has 0 spiro atoms. The minimum Gasteiger partial charge on any atom is -0.396 e. The molecule has 0 aliphatic rings. The van der Waals surface area contributed by atoms with E-state index in [4.69, 9.17) is 10.3 Å². The molecule has 0 aliphatic heterocycles. The number of nitrogens with zero attached hydrogens (tertiary/aromatic N) is 1. The molecular weight excluding hydrogens is 138 g/mol. The molecule has 0 atom stereocenters. The Morgan fingerprint density at radius 1 is 1.50 bits per heavy atom. The Kier molecular flexibility index (Phi) is 3.60. The standard InChI is InChI=1S/C5H9NO4/c1-6(10)5(9)4(8)2-3-7/h7,10H,2-3H2,1H3. The first-order valence-corrected chi connectivity index (χ1v) is 2.70.